The number of nitrogens with zero attached hydrogens (tertiary/aromatic N) is 3. The number of thioether (sulfide) groups is 1. The number of carbonyl (C=O) groups is 1. The van der Waals surface area contributed by atoms with Gasteiger partial charge in [-0.05, 0) is 62.6 Å². The average molecular weight is 584 g/mol. The largest absolute Gasteiger partial charge is 0.492 e. The van der Waals surface area contributed by atoms with Gasteiger partial charge in [0, 0.05) is 11.4 Å². The van der Waals surface area contributed by atoms with Crippen LogP contribution in [-0.4, -0.2) is 33.0 Å². The number of amides is 1. The lowest BCUT2D eigenvalue weighted by Crippen LogP contribution is -2.31. The molecule has 42 heavy (non-hydrogen) atoms. The van der Waals surface area contributed by atoms with Crippen LogP contribution in [0.3, 0.4) is 0 Å². The molecule has 5 rings (SSSR count). The Morgan fingerprint density at radius 3 is 2.62 bits per heavy atom. The van der Waals surface area contributed by atoms with Gasteiger partial charge in [-0.25, -0.2) is 4.68 Å². The average Bonchev–Trinajstić information content (AvgIpc) is 3.39. The smallest absolute Gasteiger partial charge is 0.255 e. The number of benzene rings is 3. The number of carbonyl (C=O) groups excluding carboxylic acids is 1. The summed E-state index contributed by atoms with van der Waals surface area (Å²) in [7, 11) is 0. The van der Waals surface area contributed by atoms with Gasteiger partial charge >= 0.3 is 0 Å². The highest BCUT2D eigenvalue weighted by Crippen LogP contribution is 2.38. The Morgan fingerprint density at radius 1 is 1.02 bits per heavy atom. The molecule has 0 radical (unpaired) electrons. The van der Waals surface area contributed by atoms with Crippen molar-refractivity contribution >= 4 is 29.3 Å². The third-order valence-electron chi connectivity index (χ3n) is 6.94. The molecule has 9 heteroatoms. The summed E-state index contributed by atoms with van der Waals surface area (Å²) in [5.74, 6) is 2.62. The predicted octanol–water partition coefficient (Wildman–Crippen LogP) is 7.38. The van der Waals surface area contributed by atoms with Gasteiger partial charge in [0.1, 0.15) is 24.1 Å². The van der Waals surface area contributed by atoms with Crippen molar-refractivity contribution in [1.82, 2.24) is 14.8 Å². The quantitative estimate of drug-likeness (QED) is 0.133. The van der Waals surface area contributed by atoms with Crippen molar-refractivity contribution in [1.29, 1.82) is 0 Å². The molecule has 1 aliphatic heterocycles. The van der Waals surface area contributed by atoms with Crippen molar-refractivity contribution in [3.05, 3.63) is 101 Å². The maximum absolute atomic E-state index is 14.0. The van der Waals surface area contributed by atoms with Crippen molar-refractivity contribution in [2.75, 3.05) is 23.0 Å². The van der Waals surface area contributed by atoms with E-state index in [0.717, 1.165) is 29.7 Å². The SMILES string of the molecule is CCCCSc1nc2n(n1)C(c1cccc(OCc3ccc(C)cc3)c1)C(C(=O)Nc1ccccc1OCC)=C(C)N2. The minimum absolute atomic E-state index is 0.246. The van der Waals surface area contributed by atoms with Gasteiger partial charge in [0.15, 0.2) is 0 Å². The number of para-hydroxylation sites is 2. The molecule has 0 bridgehead atoms. The number of aromatic nitrogens is 3. The number of allylic oxidation sites excluding steroid dienone is 1. The van der Waals surface area contributed by atoms with Gasteiger partial charge in [-0.2, -0.15) is 4.98 Å². The Balaban J connectivity index is 1.49. The highest BCUT2D eigenvalue weighted by molar-refractivity contribution is 7.99. The molecule has 0 aliphatic carbocycles. The molecule has 218 valence electrons. The molecule has 3 aromatic carbocycles. The molecule has 1 unspecified atom stereocenters. The van der Waals surface area contributed by atoms with E-state index in [1.54, 1.807) is 11.8 Å². The fourth-order valence-corrected chi connectivity index (χ4v) is 5.68. The fourth-order valence-electron chi connectivity index (χ4n) is 4.77. The number of fused-ring (bicyclic) bond motifs is 1. The van der Waals surface area contributed by atoms with E-state index in [2.05, 4.69) is 48.7 Å². The zero-order valence-electron chi connectivity index (χ0n) is 24.5. The number of ether oxygens (including phenoxy) is 2. The first-order chi connectivity index (χ1) is 20.5. The van der Waals surface area contributed by atoms with Crippen LogP contribution in [0.15, 0.2) is 89.2 Å². The van der Waals surface area contributed by atoms with Crippen molar-refractivity contribution in [2.45, 2.75) is 58.3 Å². The number of rotatable bonds is 12. The molecule has 4 aromatic rings. The zero-order chi connectivity index (χ0) is 29.5. The molecule has 2 heterocycles. The van der Waals surface area contributed by atoms with Crippen LogP contribution in [0.2, 0.25) is 0 Å². The van der Waals surface area contributed by atoms with Crippen molar-refractivity contribution in [2.24, 2.45) is 0 Å². The minimum Gasteiger partial charge on any atom is -0.492 e. The molecular formula is C33H37N5O3S. The highest BCUT2D eigenvalue weighted by Gasteiger charge is 2.35. The zero-order valence-corrected chi connectivity index (χ0v) is 25.3. The number of hydrogen-bond acceptors (Lipinski definition) is 7. The second-order valence-electron chi connectivity index (χ2n) is 10.2. The predicted molar refractivity (Wildman–Crippen MR) is 168 cm³/mol. The Morgan fingerprint density at radius 2 is 1.83 bits per heavy atom. The van der Waals surface area contributed by atoms with Gasteiger partial charge in [0.2, 0.25) is 11.1 Å². The molecule has 1 atom stereocenters. The van der Waals surface area contributed by atoms with Gasteiger partial charge in [0.25, 0.3) is 5.91 Å². The molecule has 0 spiro atoms. The summed E-state index contributed by atoms with van der Waals surface area (Å²) < 4.78 is 13.8. The summed E-state index contributed by atoms with van der Waals surface area (Å²) in [6.45, 7) is 8.99. The van der Waals surface area contributed by atoms with E-state index in [-0.39, 0.29) is 5.91 Å². The lowest BCUT2D eigenvalue weighted by Gasteiger charge is -2.29. The summed E-state index contributed by atoms with van der Waals surface area (Å²) in [5, 5.41) is 11.9. The van der Waals surface area contributed by atoms with Crippen LogP contribution in [0.5, 0.6) is 11.5 Å². The molecule has 8 nitrogen and oxygen atoms in total. The molecule has 1 aliphatic rings. The van der Waals surface area contributed by atoms with Crippen LogP contribution >= 0.6 is 11.8 Å². The summed E-state index contributed by atoms with van der Waals surface area (Å²) in [4.78, 5) is 18.8. The minimum atomic E-state index is -0.517. The first-order valence-corrected chi connectivity index (χ1v) is 15.3. The molecule has 2 N–H and O–H groups in total. The first kappa shape index (κ1) is 29.3. The fraction of sp³-hybridized carbons (Fsp3) is 0.303. The van der Waals surface area contributed by atoms with E-state index in [1.807, 2.05) is 67.1 Å². The van der Waals surface area contributed by atoms with Crippen LogP contribution < -0.4 is 20.1 Å². The lowest BCUT2D eigenvalue weighted by molar-refractivity contribution is -0.113. The van der Waals surface area contributed by atoms with Crippen molar-refractivity contribution in [3.63, 3.8) is 0 Å². The summed E-state index contributed by atoms with van der Waals surface area (Å²) in [6, 6.07) is 23.1. The Kier molecular flexibility index (Phi) is 9.48. The number of nitrogens with one attached hydrogen (secondary N) is 2. The summed E-state index contributed by atoms with van der Waals surface area (Å²) in [6.07, 6.45) is 2.18. The highest BCUT2D eigenvalue weighted by atomic mass is 32.2. The third kappa shape index (κ3) is 6.79. The van der Waals surface area contributed by atoms with Crippen LogP contribution in [0.1, 0.15) is 56.3 Å². The normalized spacial score (nSPS) is 14.2. The van der Waals surface area contributed by atoms with Crippen LogP contribution in [0, 0.1) is 6.92 Å². The molecular weight excluding hydrogens is 546 g/mol. The molecule has 0 saturated heterocycles. The standard InChI is InChI=1S/C33H37N5O3S/c1-5-7-19-42-33-36-32-34-23(4)29(31(39)35-27-13-8-9-14-28(27)40-6-2)30(38(32)37-33)25-11-10-12-26(20-25)41-21-24-17-15-22(3)16-18-24/h8-18,20,30H,5-7,19,21H2,1-4H3,(H,35,39)(H,34,36,37). The molecule has 1 aromatic heterocycles. The first-order valence-electron chi connectivity index (χ1n) is 14.4. The van der Waals surface area contributed by atoms with E-state index in [1.165, 1.54) is 5.56 Å². The number of unbranched alkanes of at least 4 members (excludes halogenated alkanes) is 1. The van der Waals surface area contributed by atoms with Crippen LogP contribution in [0.25, 0.3) is 0 Å². The number of aryl methyl sites for hydroxylation is 1. The van der Waals surface area contributed by atoms with Gasteiger partial charge in [-0.1, -0.05) is 79.2 Å². The summed E-state index contributed by atoms with van der Waals surface area (Å²) >= 11 is 1.62. The Labute approximate surface area is 251 Å². The van der Waals surface area contributed by atoms with Crippen molar-refractivity contribution in [3.8, 4) is 11.5 Å². The van der Waals surface area contributed by atoms with Crippen LogP contribution in [-0.2, 0) is 11.4 Å². The maximum Gasteiger partial charge on any atom is 0.255 e. The topological polar surface area (TPSA) is 90.3 Å². The summed E-state index contributed by atoms with van der Waals surface area (Å²) in [5.41, 5.74) is 5.03. The van der Waals surface area contributed by atoms with Gasteiger partial charge in [0.05, 0.1) is 17.9 Å². The van der Waals surface area contributed by atoms with E-state index in [9.17, 15) is 4.79 Å². The lowest BCUT2D eigenvalue weighted by atomic mass is 9.94. The molecule has 0 fully saturated rings. The molecule has 1 amide bonds. The van der Waals surface area contributed by atoms with E-state index in [4.69, 9.17) is 19.6 Å². The monoisotopic (exact) mass is 583 g/mol. The van der Waals surface area contributed by atoms with E-state index in [0.29, 0.717) is 52.8 Å². The van der Waals surface area contributed by atoms with Gasteiger partial charge in [-0.3, -0.25) is 4.79 Å². The second kappa shape index (κ2) is 13.6. The van der Waals surface area contributed by atoms with E-state index < -0.39 is 6.04 Å². The number of anilines is 2. The Hall–Kier alpha value is -4.24. The van der Waals surface area contributed by atoms with Crippen molar-refractivity contribution < 1.29 is 14.3 Å². The van der Waals surface area contributed by atoms with Gasteiger partial charge < -0.3 is 20.1 Å². The third-order valence-corrected chi connectivity index (χ3v) is 7.87. The van der Waals surface area contributed by atoms with Gasteiger partial charge in [-0.15, -0.1) is 5.10 Å². The maximum atomic E-state index is 14.0. The van der Waals surface area contributed by atoms with Crippen LogP contribution in [0.4, 0.5) is 11.6 Å². The molecule has 0 saturated carbocycles. The Bertz CT molecular complexity index is 1560. The van der Waals surface area contributed by atoms with E-state index >= 15 is 0 Å². The number of hydrogen-bond donors (Lipinski definition) is 2. The second-order valence-corrected chi connectivity index (χ2v) is 11.2.